The lowest BCUT2D eigenvalue weighted by molar-refractivity contribution is 0.0478. The Labute approximate surface area is 116 Å². The van der Waals surface area contributed by atoms with E-state index in [9.17, 15) is 4.79 Å². The highest BCUT2D eigenvalue weighted by Gasteiger charge is 2.15. The van der Waals surface area contributed by atoms with Gasteiger partial charge in [-0.1, -0.05) is 12.1 Å². The number of nitrogens with zero attached hydrogens (tertiary/aromatic N) is 2. The minimum atomic E-state index is -0.587. The van der Waals surface area contributed by atoms with Gasteiger partial charge in [0, 0.05) is 6.42 Å². The summed E-state index contributed by atoms with van der Waals surface area (Å²) in [6.45, 7) is 2.00. The lowest BCUT2D eigenvalue weighted by Gasteiger charge is -2.01. The van der Waals surface area contributed by atoms with E-state index in [1.807, 2.05) is 24.3 Å². The number of hydrogen-bond acceptors (Lipinski definition) is 6. The molecular formula is C14H16N2O4. The fraction of sp³-hybridized carbons (Fsp3) is 0.357. The highest BCUT2D eigenvalue weighted by atomic mass is 16.5. The van der Waals surface area contributed by atoms with Crippen LogP contribution in [0.1, 0.15) is 29.1 Å². The van der Waals surface area contributed by atoms with Gasteiger partial charge < -0.3 is 13.9 Å². The van der Waals surface area contributed by atoms with Crippen molar-refractivity contribution in [1.29, 1.82) is 0 Å². The lowest BCUT2D eigenvalue weighted by atomic mass is 10.1. The predicted octanol–water partition coefficient (Wildman–Crippen LogP) is 2.04. The van der Waals surface area contributed by atoms with E-state index < -0.39 is 5.97 Å². The third-order valence-electron chi connectivity index (χ3n) is 2.70. The molecule has 0 unspecified atom stereocenters. The molecule has 0 aliphatic heterocycles. The van der Waals surface area contributed by atoms with Gasteiger partial charge in [-0.25, -0.2) is 4.79 Å². The van der Waals surface area contributed by atoms with Crippen LogP contribution in [-0.4, -0.2) is 29.9 Å². The van der Waals surface area contributed by atoms with Gasteiger partial charge in [-0.3, -0.25) is 0 Å². The van der Waals surface area contributed by atoms with Crippen molar-refractivity contribution in [3.8, 4) is 5.75 Å². The SMILES string of the molecule is CCOC(=O)c1nnc(CCc2ccc(OC)cc2)o1. The number of rotatable bonds is 6. The number of methoxy groups -OCH3 is 1. The smallest absolute Gasteiger partial charge is 0.396 e. The van der Waals surface area contributed by atoms with Crippen molar-refractivity contribution < 1.29 is 18.7 Å². The second-order valence-corrected chi connectivity index (χ2v) is 4.07. The molecule has 1 aromatic heterocycles. The molecule has 0 amide bonds. The summed E-state index contributed by atoms with van der Waals surface area (Å²) in [5, 5.41) is 7.49. The Hall–Kier alpha value is -2.37. The molecule has 0 radical (unpaired) electrons. The van der Waals surface area contributed by atoms with E-state index in [0.717, 1.165) is 17.7 Å². The van der Waals surface area contributed by atoms with Crippen molar-refractivity contribution in [3.63, 3.8) is 0 Å². The molecule has 6 heteroatoms. The van der Waals surface area contributed by atoms with Crippen molar-refractivity contribution >= 4 is 5.97 Å². The number of hydrogen-bond donors (Lipinski definition) is 0. The Kier molecular flexibility index (Phi) is 4.70. The first kappa shape index (κ1) is 14.0. The van der Waals surface area contributed by atoms with Gasteiger partial charge in [-0.2, -0.15) is 0 Å². The van der Waals surface area contributed by atoms with Gasteiger partial charge in [0.1, 0.15) is 5.75 Å². The molecule has 106 valence electrons. The molecule has 0 atom stereocenters. The summed E-state index contributed by atoms with van der Waals surface area (Å²) in [4.78, 5) is 11.4. The Balaban J connectivity index is 1.91. The maximum absolute atomic E-state index is 11.4. The third-order valence-corrected chi connectivity index (χ3v) is 2.70. The molecule has 0 N–H and O–H groups in total. The van der Waals surface area contributed by atoms with Gasteiger partial charge in [-0.15, -0.1) is 10.2 Å². The third kappa shape index (κ3) is 3.57. The fourth-order valence-corrected chi connectivity index (χ4v) is 1.67. The second-order valence-electron chi connectivity index (χ2n) is 4.07. The highest BCUT2D eigenvalue weighted by Crippen LogP contribution is 2.13. The predicted molar refractivity (Wildman–Crippen MR) is 70.7 cm³/mol. The first-order valence-electron chi connectivity index (χ1n) is 6.35. The zero-order chi connectivity index (χ0) is 14.4. The Morgan fingerprint density at radius 3 is 2.60 bits per heavy atom. The lowest BCUT2D eigenvalue weighted by Crippen LogP contribution is -2.04. The Morgan fingerprint density at radius 1 is 1.20 bits per heavy atom. The van der Waals surface area contributed by atoms with E-state index in [1.54, 1.807) is 14.0 Å². The molecule has 1 heterocycles. The number of ether oxygens (including phenoxy) is 2. The molecule has 0 saturated carbocycles. The van der Waals surface area contributed by atoms with Crippen molar-refractivity contribution in [3.05, 3.63) is 41.6 Å². The van der Waals surface area contributed by atoms with E-state index in [4.69, 9.17) is 13.9 Å². The standard InChI is InChI=1S/C14H16N2O4/c1-3-19-14(17)13-16-15-12(20-13)9-6-10-4-7-11(18-2)8-5-10/h4-5,7-8H,3,6,9H2,1-2H3. The quantitative estimate of drug-likeness (QED) is 0.752. The first-order valence-corrected chi connectivity index (χ1v) is 6.35. The van der Waals surface area contributed by atoms with E-state index >= 15 is 0 Å². The summed E-state index contributed by atoms with van der Waals surface area (Å²) in [6.07, 6.45) is 1.31. The summed E-state index contributed by atoms with van der Waals surface area (Å²) in [5.41, 5.74) is 1.13. The molecule has 20 heavy (non-hydrogen) atoms. The van der Waals surface area contributed by atoms with E-state index in [0.29, 0.717) is 12.3 Å². The Morgan fingerprint density at radius 2 is 1.95 bits per heavy atom. The van der Waals surface area contributed by atoms with Crippen molar-refractivity contribution in [2.24, 2.45) is 0 Å². The molecule has 0 bridgehead atoms. The zero-order valence-electron chi connectivity index (χ0n) is 11.5. The van der Waals surface area contributed by atoms with Gasteiger partial charge >= 0.3 is 11.9 Å². The topological polar surface area (TPSA) is 74.5 Å². The van der Waals surface area contributed by atoms with Gasteiger partial charge in [0.2, 0.25) is 5.89 Å². The van der Waals surface area contributed by atoms with Crippen LogP contribution in [0.3, 0.4) is 0 Å². The number of aryl methyl sites for hydroxylation is 2. The summed E-state index contributed by atoms with van der Waals surface area (Å²) in [7, 11) is 1.63. The van der Waals surface area contributed by atoms with Crippen LogP contribution in [0, 0.1) is 0 Å². The van der Waals surface area contributed by atoms with Crippen LogP contribution in [0.15, 0.2) is 28.7 Å². The molecule has 0 saturated heterocycles. The number of benzene rings is 1. The fourth-order valence-electron chi connectivity index (χ4n) is 1.67. The van der Waals surface area contributed by atoms with E-state index in [2.05, 4.69) is 10.2 Å². The maximum Gasteiger partial charge on any atom is 0.396 e. The highest BCUT2D eigenvalue weighted by molar-refractivity contribution is 5.83. The molecule has 0 aliphatic carbocycles. The largest absolute Gasteiger partial charge is 0.497 e. The van der Waals surface area contributed by atoms with Crippen molar-refractivity contribution in [2.45, 2.75) is 19.8 Å². The number of carbonyl (C=O) groups is 1. The van der Waals surface area contributed by atoms with Gasteiger partial charge in [0.15, 0.2) is 0 Å². The second kappa shape index (κ2) is 6.70. The van der Waals surface area contributed by atoms with E-state index in [-0.39, 0.29) is 12.5 Å². The average molecular weight is 276 g/mol. The van der Waals surface area contributed by atoms with E-state index in [1.165, 1.54) is 0 Å². The number of carbonyl (C=O) groups excluding carboxylic acids is 1. The summed E-state index contributed by atoms with van der Waals surface area (Å²) >= 11 is 0. The van der Waals surface area contributed by atoms with Crippen LogP contribution >= 0.6 is 0 Å². The number of esters is 1. The molecule has 0 aliphatic rings. The molecular weight excluding hydrogens is 260 g/mol. The first-order chi connectivity index (χ1) is 9.72. The van der Waals surface area contributed by atoms with Gasteiger partial charge in [0.25, 0.3) is 0 Å². The summed E-state index contributed by atoms with van der Waals surface area (Å²) < 4.78 is 15.1. The summed E-state index contributed by atoms with van der Waals surface area (Å²) in [6, 6.07) is 7.74. The van der Waals surface area contributed by atoms with Crippen LogP contribution < -0.4 is 4.74 Å². The molecule has 6 nitrogen and oxygen atoms in total. The average Bonchev–Trinajstić information content (AvgIpc) is 2.95. The Bertz CT molecular complexity index is 563. The normalized spacial score (nSPS) is 10.3. The minimum Gasteiger partial charge on any atom is -0.497 e. The monoisotopic (exact) mass is 276 g/mol. The zero-order valence-corrected chi connectivity index (χ0v) is 11.5. The van der Waals surface area contributed by atoms with Crippen LogP contribution in [0.2, 0.25) is 0 Å². The van der Waals surface area contributed by atoms with Crippen molar-refractivity contribution in [1.82, 2.24) is 10.2 Å². The molecule has 2 rings (SSSR count). The maximum atomic E-state index is 11.4. The van der Waals surface area contributed by atoms with Crippen LogP contribution in [0.4, 0.5) is 0 Å². The number of aromatic nitrogens is 2. The molecule has 2 aromatic rings. The molecule has 0 fully saturated rings. The van der Waals surface area contributed by atoms with Crippen molar-refractivity contribution in [2.75, 3.05) is 13.7 Å². The minimum absolute atomic E-state index is 0.100. The van der Waals surface area contributed by atoms with Crippen LogP contribution in [0.25, 0.3) is 0 Å². The van der Waals surface area contributed by atoms with Gasteiger partial charge in [-0.05, 0) is 31.0 Å². The van der Waals surface area contributed by atoms with Crippen LogP contribution in [0.5, 0.6) is 5.75 Å². The summed E-state index contributed by atoms with van der Waals surface area (Å²) in [5.74, 6) is 0.548. The van der Waals surface area contributed by atoms with Gasteiger partial charge in [0.05, 0.1) is 13.7 Å². The molecule has 1 aromatic carbocycles. The molecule has 0 spiro atoms. The van der Waals surface area contributed by atoms with Crippen LogP contribution in [-0.2, 0) is 17.6 Å².